The molecule has 0 aliphatic carbocycles. The first-order valence-corrected chi connectivity index (χ1v) is 4.35. The SMILES string of the molecule is CC/C=C\C(F)=C(\F)C(C)CC. The summed E-state index contributed by atoms with van der Waals surface area (Å²) in [7, 11) is 0. The van der Waals surface area contributed by atoms with Crippen molar-refractivity contribution in [1.29, 1.82) is 0 Å². The lowest BCUT2D eigenvalue weighted by Gasteiger charge is -2.04. The van der Waals surface area contributed by atoms with Crippen molar-refractivity contribution in [1.82, 2.24) is 0 Å². The summed E-state index contributed by atoms with van der Waals surface area (Å²) in [6, 6.07) is 0. The van der Waals surface area contributed by atoms with Crippen LogP contribution < -0.4 is 0 Å². The lowest BCUT2D eigenvalue weighted by molar-refractivity contribution is 0.444. The fourth-order valence-electron chi connectivity index (χ4n) is 0.716. The highest BCUT2D eigenvalue weighted by molar-refractivity contribution is 5.16. The van der Waals surface area contributed by atoms with Gasteiger partial charge in [0.25, 0.3) is 0 Å². The zero-order valence-corrected chi connectivity index (χ0v) is 7.90. The highest BCUT2D eigenvalue weighted by atomic mass is 19.2. The number of halogens is 2. The van der Waals surface area contributed by atoms with Crippen molar-refractivity contribution in [3.8, 4) is 0 Å². The van der Waals surface area contributed by atoms with E-state index in [2.05, 4.69) is 0 Å². The van der Waals surface area contributed by atoms with E-state index in [4.69, 9.17) is 0 Å². The summed E-state index contributed by atoms with van der Waals surface area (Å²) in [4.78, 5) is 0. The third-order valence-electron chi connectivity index (χ3n) is 1.77. The third-order valence-corrected chi connectivity index (χ3v) is 1.77. The molecule has 0 rings (SSSR count). The van der Waals surface area contributed by atoms with Gasteiger partial charge in [0, 0.05) is 5.92 Å². The summed E-state index contributed by atoms with van der Waals surface area (Å²) in [5.41, 5.74) is 0. The molecule has 1 unspecified atom stereocenters. The van der Waals surface area contributed by atoms with Gasteiger partial charge in [-0.05, 0) is 18.9 Å². The molecular weight excluding hydrogens is 158 g/mol. The Morgan fingerprint density at radius 3 is 2.33 bits per heavy atom. The van der Waals surface area contributed by atoms with E-state index in [-0.39, 0.29) is 5.92 Å². The summed E-state index contributed by atoms with van der Waals surface area (Å²) in [5.74, 6) is -1.68. The molecule has 0 fully saturated rings. The smallest absolute Gasteiger partial charge is 0.154 e. The molecule has 70 valence electrons. The molecule has 0 heterocycles. The minimum Gasteiger partial charge on any atom is -0.208 e. The first-order chi connectivity index (χ1) is 5.63. The highest BCUT2D eigenvalue weighted by Gasteiger charge is 2.09. The highest BCUT2D eigenvalue weighted by Crippen LogP contribution is 2.21. The van der Waals surface area contributed by atoms with Crippen LogP contribution in [0.2, 0.25) is 0 Å². The maximum atomic E-state index is 13.0. The van der Waals surface area contributed by atoms with Crippen LogP contribution in [0.3, 0.4) is 0 Å². The molecule has 12 heavy (non-hydrogen) atoms. The van der Waals surface area contributed by atoms with E-state index in [9.17, 15) is 8.78 Å². The molecule has 0 spiro atoms. The Morgan fingerprint density at radius 1 is 1.33 bits per heavy atom. The number of hydrogen-bond donors (Lipinski definition) is 0. The van der Waals surface area contributed by atoms with E-state index in [1.807, 2.05) is 13.8 Å². The minimum absolute atomic E-state index is 0.313. The van der Waals surface area contributed by atoms with Gasteiger partial charge in [-0.2, -0.15) is 0 Å². The Morgan fingerprint density at radius 2 is 1.92 bits per heavy atom. The van der Waals surface area contributed by atoms with E-state index in [1.165, 1.54) is 6.08 Å². The fraction of sp³-hybridized carbons (Fsp3) is 0.600. The van der Waals surface area contributed by atoms with Crippen LogP contribution in [-0.4, -0.2) is 0 Å². The average Bonchev–Trinajstić information content (AvgIpc) is 2.11. The van der Waals surface area contributed by atoms with E-state index in [0.717, 1.165) is 6.42 Å². The Hall–Kier alpha value is -0.660. The van der Waals surface area contributed by atoms with Gasteiger partial charge in [-0.1, -0.05) is 26.8 Å². The van der Waals surface area contributed by atoms with Crippen molar-refractivity contribution in [2.75, 3.05) is 0 Å². The molecule has 0 aromatic rings. The van der Waals surface area contributed by atoms with Crippen molar-refractivity contribution in [3.63, 3.8) is 0 Å². The molecule has 0 radical (unpaired) electrons. The van der Waals surface area contributed by atoms with Gasteiger partial charge in [-0.3, -0.25) is 0 Å². The lowest BCUT2D eigenvalue weighted by Crippen LogP contribution is -1.93. The summed E-state index contributed by atoms with van der Waals surface area (Å²) in [6.07, 6.45) is 4.15. The van der Waals surface area contributed by atoms with Crippen molar-refractivity contribution in [2.45, 2.75) is 33.6 Å². The molecule has 0 amide bonds. The molecule has 0 bridgehead atoms. The molecule has 0 nitrogen and oxygen atoms in total. The maximum Gasteiger partial charge on any atom is 0.154 e. The van der Waals surface area contributed by atoms with Crippen LogP contribution in [0.4, 0.5) is 8.78 Å². The van der Waals surface area contributed by atoms with E-state index in [1.54, 1.807) is 13.0 Å². The topological polar surface area (TPSA) is 0 Å². The van der Waals surface area contributed by atoms with E-state index < -0.39 is 11.7 Å². The normalized spacial score (nSPS) is 16.4. The van der Waals surface area contributed by atoms with Crippen LogP contribution in [0.25, 0.3) is 0 Å². The fourth-order valence-corrected chi connectivity index (χ4v) is 0.716. The Kier molecular flexibility index (Phi) is 5.60. The van der Waals surface area contributed by atoms with Gasteiger partial charge in [0.1, 0.15) is 5.83 Å². The monoisotopic (exact) mass is 174 g/mol. The standard InChI is InChI=1S/C10H16F2/c1-4-6-7-9(11)10(12)8(3)5-2/h6-8H,4-5H2,1-3H3/b7-6-,10-9-. The van der Waals surface area contributed by atoms with Crippen molar-refractivity contribution < 1.29 is 8.78 Å². The molecule has 0 aliphatic heterocycles. The molecule has 0 aliphatic rings. The maximum absolute atomic E-state index is 13.0. The summed E-state index contributed by atoms with van der Waals surface area (Å²) >= 11 is 0. The van der Waals surface area contributed by atoms with Crippen molar-refractivity contribution in [2.24, 2.45) is 5.92 Å². The molecular formula is C10H16F2. The van der Waals surface area contributed by atoms with Crippen molar-refractivity contribution >= 4 is 0 Å². The van der Waals surface area contributed by atoms with Crippen LogP contribution in [0, 0.1) is 5.92 Å². The molecule has 2 heteroatoms. The largest absolute Gasteiger partial charge is 0.208 e. The first kappa shape index (κ1) is 11.3. The van der Waals surface area contributed by atoms with Gasteiger partial charge in [0.15, 0.2) is 5.83 Å². The summed E-state index contributed by atoms with van der Waals surface area (Å²) < 4.78 is 25.8. The second-order valence-corrected chi connectivity index (χ2v) is 2.82. The Bertz CT molecular complexity index is 180. The number of rotatable bonds is 4. The summed E-state index contributed by atoms with van der Waals surface area (Å²) in [5, 5.41) is 0. The molecule has 1 atom stereocenters. The van der Waals surface area contributed by atoms with Gasteiger partial charge < -0.3 is 0 Å². The zero-order chi connectivity index (χ0) is 9.56. The van der Waals surface area contributed by atoms with Crippen LogP contribution >= 0.6 is 0 Å². The minimum atomic E-state index is -0.730. The predicted molar refractivity (Wildman–Crippen MR) is 48.1 cm³/mol. The van der Waals surface area contributed by atoms with Crippen LogP contribution in [0.5, 0.6) is 0 Å². The van der Waals surface area contributed by atoms with Crippen molar-refractivity contribution in [3.05, 3.63) is 23.8 Å². The van der Waals surface area contributed by atoms with E-state index >= 15 is 0 Å². The predicted octanol–water partition coefficient (Wildman–Crippen LogP) is 4.15. The van der Waals surface area contributed by atoms with Gasteiger partial charge in [-0.15, -0.1) is 0 Å². The second-order valence-electron chi connectivity index (χ2n) is 2.82. The molecule has 0 aromatic carbocycles. The second kappa shape index (κ2) is 5.92. The molecule has 0 saturated heterocycles. The number of hydrogen-bond acceptors (Lipinski definition) is 0. The zero-order valence-electron chi connectivity index (χ0n) is 7.90. The Labute approximate surface area is 73.0 Å². The molecule has 0 N–H and O–H groups in total. The quantitative estimate of drug-likeness (QED) is 0.561. The first-order valence-electron chi connectivity index (χ1n) is 4.35. The van der Waals surface area contributed by atoms with E-state index in [0.29, 0.717) is 6.42 Å². The van der Waals surface area contributed by atoms with Gasteiger partial charge in [0.05, 0.1) is 0 Å². The van der Waals surface area contributed by atoms with Crippen LogP contribution in [-0.2, 0) is 0 Å². The Balaban J connectivity index is 4.34. The van der Waals surface area contributed by atoms with Gasteiger partial charge in [-0.25, -0.2) is 8.78 Å². The van der Waals surface area contributed by atoms with Crippen LogP contribution in [0.15, 0.2) is 23.8 Å². The third kappa shape index (κ3) is 3.65. The molecule has 0 saturated carbocycles. The number of allylic oxidation sites excluding steroid dienone is 4. The van der Waals surface area contributed by atoms with Gasteiger partial charge in [0.2, 0.25) is 0 Å². The molecule has 0 aromatic heterocycles. The lowest BCUT2D eigenvalue weighted by atomic mass is 10.1. The summed E-state index contributed by atoms with van der Waals surface area (Å²) in [6.45, 7) is 5.39. The average molecular weight is 174 g/mol. The van der Waals surface area contributed by atoms with Crippen LogP contribution in [0.1, 0.15) is 33.6 Å². The van der Waals surface area contributed by atoms with Gasteiger partial charge >= 0.3 is 0 Å².